The van der Waals surface area contributed by atoms with E-state index < -0.39 is 0 Å². The van der Waals surface area contributed by atoms with Crippen molar-refractivity contribution in [3.8, 4) is 12.3 Å². The fraction of sp³-hybridized carbons (Fsp3) is 0.625. The molecule has 0 bridgehead atoms. The number of hydrogen-bond acceptors (Lipinski definition) is 1. The van der Waals surface area contributed by atoms with Crippen molar-refractivity contribution in [1.29, 1.82) is 0 Å². The van der Waals surface area contributed by atoms with Crippen LogP contribution >= 0.6 is 23.2 Å². The van der Waals surface area contributed by atoms with Crippen LogP contribution in [0.2, 0.25) is 10.0 Å². The lowest BCUT2D eigenvalue weighted by molar-refractivity contribution is 0.0629. The molecule has 1 amide bonds. The Kier molecular flexibility index (Phi) is 6.38. The molecule has 152 valence electrons. The highest BCUT2D eigenvalue weighted by atomic mass is 35.5. The van der Waals surface area contributed by atoms with Gasteiger partial charge in [-0.25, -0.2) is 0 Å². The topological polar surface area (TPSA) is 20.3 Å². The number of carbonyl (C=O) groups is 1. The minimum Gasteiger partial charge on any atom is -0.338 e. The van der Waals surface area contributed by atoms with Crippen molar-refractivity contribution >= 4 is 29.1 Å². The van der Waals surface area contributed by atoms with Gasteiger partial charge in [0, 0.05) is 24.5 Å². The summed E-state index contributed by atoms with van der Waals surface area (Å²) in [7, 11) is 0. The number of nitrogens with zero attached hydrogens (tertiary/aromatic N) is 1. The van der Waals surface area contributed by atoms with E-state index in [0.29, 0.717) is 40.4 Å². The molecule has 0 radical (unpaired) electrons. The van der Waals surface area contributed by atoms with E-state index in [2.05, 4.69) is 33.6 Å². The van der Waals surface area contributed by atoms with E-state index in [1.165, 1.54) is 12.8 Å². The molecular weight excluding hydrogens is 389 g/mol. The Morgan fingerprint density at radius 3 is 2.75 bits per heavy atom. The lowest BCUT2D eigenvalue weighted by atomic mass is 9.59. The summed E-state index contributed by atoms with van der Waals surface area (Å²) in [4.78, 5) is 15.7. The molecule has 3 unspecified atom stereocenters. The van der Waals surface area contributed by atoms with Crippen LogP contribution in [0, 0.1) is 24.2 Å². The molecule has 4 heteroatoms. The van der Waals surface area contributed by atoms with Crippen LogP contribution in [0.25, 0.3) is 0 Å². The second-order valence-corrected chi connectivity index (χ2v) is 9.90. The van der Waals surface area contributed by atoms with Gasteiger partial charge >= 0.3 is 0 Å². The molecule has 0 spiro atoms. The minimum absolute atomic E-state index is 0.0402. The van der Waals surface area contributed by atoms with E-state index in [9.17, 15) is 4.79 Å². The summed E-state index contributed by atoms with van der Waals surface area (Å²) >= 11 is 13.6. The Morgan fingerprint density at radius 2 is 2.11 bits per heavy atom. The summed E-state index contributed by atoms with van der Waals surface area (Å²) in [6.07, 6.45) is 10.4. The van der Waals surface area contributed by atoms with Crippen LogP contribution in [-0.4, -0.2) is 23.9 Å². The van der Waals surface area contributed by atoms with Crippen LogP contribution in [-0.2, 0) is 5.41 Å². The van der Waals surface area contributed by atoms with E-state index in [-0.39, 0.29) is 17.2 Å². The molecule has 2 nitrogen and oxygen atoms in total. The first-order valence-electron chi connectivity index (χ1n) is 10.5. The van der Waals surface area contributed by atoms with Gasteiger partial charge in [0.05, 0.1) is 10.6 Å². The maximum atomic E-state index is 13.7. The van der Waals surface area contributed by atoms with Gasteiger partial charge in [0.1, 0.15) is 0 Å². The van der Waals surface area contributed by atoms with Crippen molar-refractivity contribution < 1.29 is 4.79 Å². The summed E-state index contributed by atoms with van der Waals surface area (Å²) in [5, 5.41) is 1.23. The largest absolute Gasteiger partial charge is 0.338 e. The van der Waals surface area contributed by atoms with Crippen LogP contribution in [0.3, 0.4) is 0 Å². The fourth-order valence-electron chi connectivity index (χ4n) is 5.39. The first kappa shape index (κ1) is 21.5. The molecule has 0 N–H and O–H groups in total. The van der Waals surface area contributed by atoms with Crippen LogP contribution in [0.5, 0.6) is 0 Å². The molecule has 3 atom stereocenters. The lowest BCUT2D eigenvalue weighted by Gasteiger charge is -2.46. The van der Waals surface area contributed by atoms with E-state index in [1.807, 2.05) is 11.0 Å². The third-order valence-electron chi connectivity index (χ3n) is 6.97. The van der Waals surface area contributed by atoms with Gasteiger partial charge < -0.3 is 4.90 Å². The van der Waals surface area contributed by atoms with Gasteiger partial charge in [0.25, 0.3) is 5.91 Å². The number of carbonyl (C=O) groups excluding carboxylic acids is 1. The van der Waals surface area contributed by atoms with Gasteiger partial charge in [-0.05, 0) is 53.2 Å². The molecule has 1 aliphatic carbocycles. The zero-order valence-electron chi connectivity index (χ0n) is 17.4. The number of benzene rings is 1. The first-order chi connectivity index (χ1) is 13.2. The standard InChI is InChI=1S/C24H31Cl2NO/c1-6-7-8-12-27-14-18-16(4)10-9-11-24(18,5)17-13-19(25)20(15(2)3)22(26)21(17)23(27)28/h1,13,15-16,18H,7-12,14H2,2-5H3. The number of halogens is 2. The second kappa shape index (κ2) is 8.29. The summed E-state index contributed by atoms with van der Waals surface area (Å²) in [6, 6.07) is 2.05. The van der Waals surface area contributed by atoms with Gasteiger partial charge in [-0.3, -0.25) is 4.79 Å². The highest BCUT2D eigenvalue weighted by Gasteiger charge is 2.48. The molecule has 1 aromatic carbocycles. The highest BCUT2D eigenvalue weighted by molar-refractivity contribution is 6.38. The fourth-order valence-corrected chi connectivity index (χ4v) is 6.36. The molecule has 1 saturated carbocycles. The van der Waals surface area contributed by atoms with Crippen LogP contribution < -0.4 is 0 Å². The van der Waals surface area contributed by atoms with Gasteiger partial charge in [0.15, 0.2) is 0 Å². The molecule has 1 aromatic rings. The van der Waals surface area contributed by atoms with Crippen LogP contribution in [0.4, 0.5) is 0 Å². The monoisotopic (exact) mass is 419 g/mol. The zero-order valence-corrected chi connectivity index (χ0v) is 19.0. The average Bonchev–Trinajstić information content (AvgIpc) is 2.70. The van der Waals surface area contributed by atoms with Crippen molar-refractivity contribution in [3.05, 3.63) is 32.8 Å². The summed E-state index contributed by atoms with van der Waals surface area (Å²) in [5.41, 5.74) is 2.51. The van der Waals surface area contributed by atoms with E-state index >= 15 is 0 Å². The molecule has 28 heavy (non-hydrogen) atoms. The van der Waals surface area contributed by atoms with Gasteiger partial charge in [-0.1, -0.05) is 63.7 Å². The quantitative estimate of drug-likeness (QED) is 0.393. The van der Waals surface area contributed by atoms with Crippen molar-refractivity contribution in [2.24, 2.45) is 11.8 Å². The maximum absolute atomic E-state index is 13.7. The summed E-state index contributed by atoms with van der Waals surface area (Å²) in [6.45, 7) is 10.2. The molecular formula is C24H31Cl2NO. The average molecular weight is 420 g/mol. The number of unbranched alkanes of at least 4 members (excludes halogenated alkanes) is 1. The Labute approximate surface area is 180 Å². The maximum Gasteiger partial charge on any atom is 0.255 e. The Balaban J connectivity index is 2.21. The smallest absolute Gasteiger partial charge is 0.255 e. The van der Waals surface area contributed by atoms with Crippen molar-refractivity contribution in [2.45, 2.75) is 71.1 Å². The third-order valence-corrected chi connectivity index (χ3v) is 7.68. The van der Waals surface area contributed by atoms with Crippen LogP contribution in [0.15, 0.2) is 6.07 Å². The first-order valence-corrected chi connectivity index (χ1v) is 11.2. The van der Waals surface area contributed by atoms with Crippen LogP contribution in [0.1, 0.15) is 87.2 Å². The Morgan fingerprint density at radius 1 is 1.39 bits per heavy atom. The number of fused-ring (bicyclic) bond motifs is 3. The molecule has 2 aliphatic rings. The Hall–Kier alpha value is -1.17. The van der Waals surface area contributed by atoms with E-state index in [0.717, 1.165) is 30.5 Å². The van der Waals surface area contributed by atoms with Gasteiger partial charge in [-0.2, -0.15) is 0 Å². The normalized spacial score (nSPS) is 27.2. The zero-order chi connectivity index (χ0) is 20.6. The molecule has 1 aliphatic heterocycles. The second-order valence-electron chi connectivity index (χ2n) is 9.12. The molecule has 0 aromatic heterocycles. The van der Waals surface area contributed by atoms with Gasteiger partial charge in [0.2, 0.25) is 0 Å². The number of hydrogen-bond donors (Lipinski definition) is 0. The molecule has 1 heterocycles. The van der Waals surface area contributed by atoms with E-state index in [1.54, 1.807) is 0 Å². The highest BCUT2D eigenvalue weighted by Crippen LogP contribution is 2.52. The lowest BCUT2D eigenvalue weighted by Crippen LogP contribution is -2.45. The predicted octanol–water partition coefficient (Wildman–Crippen LogP) is 6.68. The third kappa shape index (κ3) is 3.57. The number of rotatable bonds is 4. The SMILES string of the molecule is C#CCCCN1CC2C(C)CCCC2(C)c2cc(Cl)c(C(C)C)c(Cl)c2C1=O. The minimum atomic E-state index is -0.0910. The van der Waals surface area contributed by atoms with Crippen molar-refractivity contribution in [3.63, 3.8) is 0 Å². The molecule has 1 fully saturated rings. The van der Waals surface area contributed by atoms with Gasteiger partial charge in [-0.15, -0.1) is 12.3 Å². The summed E-state index contributed by atoms with van der Waals surface area (Å²) in [5.74, 6) is 3.84. The summed E-state index contributed by atoms with van der Waals surface area (Å²) < 4.78 is 0. The van der Waals surface area contributed by atoms with Crippen molar-refractivity contribution in [2.75, 3.05) is 13.1 Å². The molecule has 0 saturated heterocycles. The van der Waals surface area contributed by atoms with E-state index in [4.69, 9.17) is 29.6 Å². The number of terminal acetylenes is 1. The Bertz CT molecular complexity index is 810. The number of amides is 1. The molecule has 3 rings (SSSR count). The van der Waals surface area contributed by atoms with Crippen molar-refractivity contribution in [1.82, 2.24) is 4.90 Å². The predicted molar refractivity (Wildman–Crippen MR) is 118 cm³/mol.